The van der Waals surface area contributed by atoms with Gasteiger partial charge in [-0.15, -0.1) is 4.40 Å². The molecule has 0 saturated carbocycles. The van der Waals surface area contributed by atoms with Crippen LogP contribution in [0.5, 0.6) is 0 Å². The molecular formula is C23H33N3O3S. The Bertz CT molecular complexity index is 940. The number of hydrogen-bond donors (Lipinski definition) is 1. The summed E-state index contributed by atoms with van der Waals surface area (Å²) in [5.41, 5.74) is 2.57. The van der Waals surface area contributed by atoms with E-state index in [0.29, 0.717) is 35.0 Å². The van der Waals surface area contributed by atoms with Crippen molar-refractivity contribution in [2.24, 2.45) is 10.3 Å². The lowest BCUT2D eigenvalue weighted by atomic mass is 10.0. The Hall–Kier alpha value is -2.15. The summed E-state index contributed by atoms with van der Waals surface area (Å²) >= 11 is 0. The number of sulfonamides is 1. The zero-order valence-electron chi connectivity index (χ0n) is 18.4. The van der Waals surface area contributed by atoms with Crippen molar-refractivity contribution in [3.63, 3.8) is 0 Å². The lowest BCUT2D eigenvalue weighted by Gasteiger charge is -2.34. The van der Waals surface area contributed by atoms with E-state index in [4.69, 9.17) is 0 Å². The monoisotopic (exact) mass is 431 g/mol. The SMILES string of the molecule is CCC[C@H](C)C(=O)NC1CCN(C2=NS(=O)(=O)C(c3ccc(CC)cc3)=C2C)CC1. The molecule has 0 aromatic heterocycles. The van der Waals surface area contributed by atoms with Gasteiger partial charge in [0.05, 0.1) is 0 Å². The number of benzene rings is 1. The number of carbonyl (C=O) groups is 1. The predicted molar refractivity (Wildman–Crippen MR) is 122 cm³/mol. The fourth-order valence-corrected chi connectivity index (χ4v) is 5.70. The minimum absolute atomic E-state index is 0.0317. The van der Waals surface area contributed by atoms with Crippen molar-refractivity contribution in [3.8, 4) is 0 Å². The molecule has 1 saturated heterocycles. The van der Waals surface area contributed by atoms with Crippen molar-refractivity contribution in [1.82, 2.24) is 10.2 Å². The van der Waals surface area contributed by atoms with E-state index in [9.17, 15) is 13.2 Å². The van der Waals surface area contributed by atoms with Crippen LogP contribution in [0.1, 0.15) is 64.5 Å². The van der Waals surface area contributed by atoms with Crippen molar-refractivity contribution in [2.45, 2.75) is 65.8 Å². The first-order valence-electron chi connectivity index (χ1n) is 11.0. The van der Waals surface area contributed by atoms with Gasteiger partial charge in [-0.2, -0.15) is 8.42 Å². The number of hydrogen-bond acceptors (Lipinski definition) is 4. The molecule has 2 heterocycles. The van der Waals surface area contributed by atoms with E-state index in [0.717, 1.165) is 32.1 Å². The molecule has 30 heavy (non-hydrogen) atoms. The van der Waals surface area contributed by atoms with E-state index >= 15 is 0 Å². The van der Waals surface area contributed by atoms with E-state index < -0.39 is 10.0 Å². The highest BCUT2D eigenvalue weighted by Crippen LogP contribution is 2.34. The number of piperidine rings is 1. The van der Waals surface area contributed by atoms with E-state index in [1.54, 1.807) is 0 Å². The van der Waals surface area contributed by atoms with Crippen LogP contribution in [-0.2, 0) is 21.2 Å². The lowest BCUT2D eigenvalue weighted by molar-refractivity contribution is -0.125. The van der Waals surface area contributed by atoms with Crippen LogP contribution in [0.4, 0.5) is 0 Å². The molecule has 164 valence electrons. The van der Waals surface area contributed by atoms with Crippen molar-refractivity contribution in [3.05, 3.63) is 41.0 Å². The largest absolute Gasteiger partial charge is 0.356 e. The zero-order chi connectivity index (χ0) is 21.9. The lowest BCUT2D eigenvalue weighted by Crippen LogP contribution is -2.47. The third-order valence-electron chi connectivity index (χ3n) is 6.08. The summed E-state index contributed by atoms with van der Waals surface area (Å²) in [5, 5.41) is 3.15. The third kappa shape index (κ3) is 4.77. The average molecular weight is 432 g/mol. The van der Waals surface area contributed by atoms with Gasteiger partial charge in [-0.1, -0.05) is 51.5 Å². The van der Waals surface area contributed by atoms with Crippen molar-refractivity contribution >= 4 is 26.7 Å². The molecule has 0 aliphatic carbocycles. The molecule has 0 radical (unpaired) electrons. The molecular weight excluding hydrogens is 398 g/mol. The van der Waals surface area contributed by atoms with E-state index in [2.05, 4.69) is 23.6 Å². The van der Waals surface area contributed by atoms with Gasteiger partial charge in [0, 0.05) is 30.6 Å². The molecule has 2 aliphatic heterocycles. The van der Waals surface area contributed by atoms with Crippen LogP contribution < -0.4 is 5.32 Å². The summed E-state index contributed by atoms with van der Waals surface area (Å²) in [6.45, 7) is 9.33. The van der Waals surface area contributed by atoms with Crippen LogP contribution in [0.25, 0.3) is 4.91 Å². The van der Waals surface area contributed by atoms with E-state index in [1.807, 2.05) is 43.0 Å². The van der Waals surface area contributed by atoms with Gasteiger partial charge in [-0.25, -0.2) is 0 Å². The van der Waals surface area contributed by atoms with Gasteiger partial charge < -0.3 is 10.2 Å². The Morgan fingerprint density at radius 2 is 1.83 bits per heavy atom. The second-order valence-electron chi connectivity index (χ2n) is 8.35. The number of likely N-dealkylation sites (tertiary alicyclic amines) is 1. The van der Waals surface area contributed by atoms with Crippen LogP contribution in [-0.4, -0.2) is 44.2 Å². The summed E-state index contributed by atoms with van der Waals surface area (Å²) in [5.74, 6) is 0.697. The summed E-state index contributed by atoms with van der Waals surface area (Å²) in [4.78, 5) is 14.6. The molecule has 0 unspecified atom stereocenters. The van der Waals surface area contributed by atoms with Gasteiger partial charge in [0.15, 0.2) is 0 Å². The minimum Gasteiger partial charge on any atom is -0.356 e. The molecule has 0 bridgehead atoms. The van der Waals surface area contributed by atoms with E-state index in [1.165, 1.54) is 5.56 Å². The molecule has 2 aliphatic rings. The molecule has 1 aromatic rings. The molecule has 7 heteroatoms. The van der Waals surface area contributed by atoms with Gasteiger partial charge in [0.2, 0.25) is 5.91 Å². The van der Waals surface area contributed by atoms with Crippen LogP contribution in [0.3, 0.4) is 0 Å². The molecule has 0 spiro atoms. The van der Waals surface area contributed by atoms with Crippen molar-refractivity contribution < 1.29 is 13.2 Å². The fraction of sp³-hybridized carbons (Fsp3) is 0.565. The summed E-state index contributed by atoms with van der Waals surface area (Å²) in [6.07, 6.45) is 4.38. The maximum atomic E-state index is 12.8. The zero-order valence-corrected chi connectivity index (χ0v) is 19.3. The van der Waals surface area contributed by atoms with Gasteiger partial charge in [-0.3, -0.25) is 4.79 Å². The number of amides is 1. The molecule has 1 amide bonds. The number of carbonyl (C=O) groups excluding carboxylic acids is 1. The summed E-state index contributed by atoms with van der Waals surface area (Å²) < 4.78 is 29.7. The smallest absolute Gasteiger partial charge is 0.285 e. The molecule has 1 fully saturated rings. The summed E-state index contributed by atoms with van der Waals surface area (Å²) in [6, 6.07) is 7.81. The van der Waals surface area contributed by atoms with Gasteiger partial charge in [-0.05, 0) is 43.7 Å². The first kappa shape index (κ1) is 22.5. The van der Waals surface area contributed by atoms with Gasteiger partial charge in [0.25, 0.3) is 10.0 Å². The number of amidine groups is 1. The van der Waals surface area contributed by atoms with Crippen molar-refractivity contribution in [2.75, 3.05) is 13.1 Å². The molecule has 3 rings (SSSR count). The Balaban J connectivity index is 1.70. The van der Waals surface area contributed by atoms with Crippen LogP contribution in [0.15, 0.2) is 34.2 Å². The normalized spacial score (nSPS) is 20.3. The highest BCUT2D eigenvalue weighted by Gasteiger charge is 2.35. The molecule has 6 nitrogen and oxygen atoms in total. The first-order valence-corrected chi connectivity index (χ1v) is 12.4. The Morgan fingerprint density at radius 1 is 1.20 bits per heavy atom. The summed E-state index contributed by atoms with van der Waals surface area (Å²) in [7, 11) is -3.70. The Labute approximate surface area is 180 Å². The second-order valence-corrected chi connectivity index (χ2v) is 9.90. The van der Waals surface area contributed by atoms with E-state index in [-0.39, 0.29) is 17.9 Å². The maximum absolute atomic E-state index is 12.8. The quantitative estimate of drug-likeness (QED) is 0.744. The predicted octanol–water partition coefficient (Wildman–Crippen LogP) is 3.74. The maximum Gasteiger partial charge on any atom is 0.285 e. The average Bonchev–Trinajstić information content (AvgIpc) is 2.97. The van der Waals surface area contributed by atoms with Crippen LogP contribution in [0.2, 0.25) is 0 Å². The fourth-order valence-electron chi connectivity index (χ4n) is 4.22. The van der Waals surface area contributed by atoms with Crippen LogP contribution in [0, 0.1) is 5.92 Å². The van der Waals surface area contributed by atoms with Gasteiger partial charge >= 0.3 is 0 Å². The molecule has 1 N–H and O–H groups in total. The first-order chi connectivity index (χ1) is 14.3. The molecule has 1 atom stereocenters. The second kappa shape index (κ2) is 9.33. The number of rotatable bonds is 6. The Morgan fingerprint density at radius 3 is 2.40 bits per heavy atom. The topological polar surface area (TPSA) is 78.8 Å². The van der Waals surface area contributed by atoms with Crippen molar-refractivity contribution in [1.29, 1.82) is 0 Å². The minimum atomic E-state index is -3.70. The van der Waals surface area contributed by atoms with Crippen LogP contribution >= 0.6 is 0 Å². The number of aryl methyl sites for hydroxylation is 1. The third-order valence-corrected chi connectivity index (χ3v) is 7.55. The highest BCUT2D eigenvalue weighted by molar-refractivity contribution is 8.00. The molecule has 1 aromatic carbocycles. The number of nitrogens with one attached hydrogen (secondary N) is 1. The number of nitrogens with zero attached hydrogens (tertiary/aromatic N) is 2. The Kier molecular flexibility index (Phi) is 7.01. The standard InChI is InChI=1S/C23H33N3O3S/c1-5-7-16(3)23(27)24-20-12-14-26(15-13-20)22-17(4)21(30(28,29)25-22)19-10-8-18(6-2)9-11-19/h8-11,16,20H,5-7,12-15H2,1-4H3,(H,24,27)/t16-/m0/s1. The van der Waals surface area contributed by atoms with Gasteiger partial charge in [0.1, 0.15) is 10.7 Å². The highest BCUT2D eigenvalue weighted by atomic mass is 32.2.